The molecule has 6 heteroatoms. The van der Waals surface area contributed by atoms with Crippen molar-refractivity contribution in [2.45, 2.75) is 6.61 Å². The number of aromatic carboxylic acids is 1. The van der Waals surface area contributed by atoms with E-state index in [1.165, 1.54) is 18.2 Å². The zero-order valence-corrected chi connectivity index (χ0v) is 10.1. The van der Waals surface area contributed by atoms with Crippen molar-refractivity contribution in [2.75, 3.05) is 0 Å². The smallest absolute Gasteiger partial charge is 0.339 e. The molecule has 2 aromatic carbocycles. The first-order chi connectivity index (χ1) is 9.49. The lowest BCUT2D eigenvalue weighted by Gasteiger charge is -2.10. The molecule has 20 heavy (non-hydrogen) atoms. The molecule has 0 aliphatic heterocycles. The molecule has 0 fully saturated rings. The number of carboxylic acid groups (broad SMARTS) is 1. The summed E-state index contributed by atoms with van der Waals surface area (Å²) < 4.78 is 44.3. The maximum atomic E-state index is 13.4. The van der Waals surface area contributed by atoms with E-state index in [1.807, 2.05) is 0 Å². The van der Waals surface area contributed by atoms with E-state index in [9.17, 15) is 18.0 Å². The fraction of sp³-hybridized carbons (Fsp3) is 0.0714. The Morgan fingerprint density at radius 3 is 2.40 bits per heavy atom. The van der Waals surface area contributed by atoms with Crippen molar-refractivity contribution in [3.8, 4) is 5.75 Å². The summed E-state index contributed by atoms with van der Waals surface area (Å²) in [4.78, 5) is 10.9. The summed E-state index contributed by atoms with van der Waals surface area (Å²) in [5, 5.41) is 8.93. The molecule has 0 radical (unpaired) electrons. The van der Waals surface area contributed by atoms with E-state index >= 15 is 0 Å². The standard InChI is InChI=1S/C14H9F3O3/c15-10-6-12(17)11(16)5-8(10)7-20-13-4-2-1-3-9(13)14(18)19/h1-6H,7H2,(H,18,19). The second-order valence-corrected chi connectivity index (χ2v) is 3.95. The molecule has 0 aromatic heterocycles. The summed E-state index contributed by atoms with van der Waals surface area (Å²) >= 11 is 0. The first-order valence-electron chi connectivity index (χ1n) is 5.57. The van der Waals surface area contributed by atoms with Gasteiger partial charge >= 0.3 is 5.97 Å². The Morgan fingerprint density at radius 1 is 1.05 bits per heavy atom. The predicted molar refractivity (Wildman–Crippen MR) is 64.0 cm³/mol. The Bertz CT molecular complexity index is 656. The van der Waals surface area contributed by atoms with Crippen LogP contribution in [0.25, 0.3) is 0 Å². The molecule has 0 aliphatic rings. The van der Waals surface area contributed by atoms with Crippen molar-refractivity contribution in [3.05, 3.63) is 65.0 Å². The third kappa shape index (κ3) is 2.90. The van der Waals surface area contributed by atoms with Gasteiger partial charge in [0.2, 0.25) is 0 Å². The molecule has 2 rings (SSSR count). The van der Waals surface area contributed by atoms with Crippen LogP contribution in [-0.4, -0.2) is 11.1 Å². The summed E-state index contributed by atoms with van der Waals surface area (Å²) in [5.41, 5.74) is -0.306. The molecule has 0 aliphatic carbocycles. The Hall–Kier alpha value is -2.50. The maximum absolute atomic E-state index is 13.4. The van der Waals surface area contributed by atoms with Gasteiger partial charge in [-0.25, -0.2) is 18.0 Å². The molecular weight excluding hydrogens is 273 g/mol. The molecule has 0 atom stereocenters. The second kappa shape index (κ2) is 5.64. The van der Waals surface area contributed by atoms with Crippen molar-refractivity contribution >= 4 is 5.97 Å². The van der Waals surface area contributed by atoms with Crippen molar-refractivity contribution < 1.29 is 27.8 Å². The second-order valence-electron chi connectivity index (χ2n) is 3.95. The molecule has 0 saturated heterocycles. The predicted octanol–water partition coefficient (Wildman–Crippen LogP) is 3.38. The van der Waals surface area contributed by atoms with E-state index < -0.39 is 30.0 Å². The van der Waals surface area contributed by atoms with Crippen LogP contribution in [0.15, 0.2) is 36.4 Å². The van der Waals surface area contributed by atoms with Gasteiger partial charge in [0.05, 0.1) is 0 Å². The Balaban J connectivity index is 2.21. The number of benzene rings is 2. The molecule has 0 unspecified atom stereocenters. The van der Waals surface area contributed by atoms with Crippen molar-refractivity contribution in [1.29, 1.82) is 0 Å². The van der Waals surface area contributed by atoms with E-state index in [4.69, 9.17) is 9.84 Å². The monoisotopic (exact) mass is 282 g/mol. The average molecular weight is 282 g/mol. The van der Waals surface area contributed by atoms with E-state index in [1.54, 1.807) is 6.07 Å². The number of para-hydroxylation sites is 1. The lowest BCUT2D eigenvalue weighted by molar-refractivity contribution is 0.0691. The molecule has 0 heterocycles. The van der Waals surface area contributed by atoms with Gasteiger partial charge in [-0.3, -0.25) is 0 Å². The van der Waals surface area contributed by atoms with Gasteiger partial charge in [-0.1, -0.05) is 12.1 Å². The zero-order valence-electron chi connectivity index (χ0n) is 10.1. The van der Waals surface area contributed by atoms with Crippen LogP contribution in [0.3, 0.4) is 0 Å². The first-order valence-corrected chi connectivity index (χ1v) is 5.57. The van der Waals surface area contributed by atoms with Gasteiger partial charge < -0.3 is 9.84 Å². The van der Waals surface area contributed by atoms with Crippen molar-refractivity contribution in [3.63, 3.8) is 0 Å². The van der Waals surface area contributed by atoms with Gasteiger partial charge in [-0.15, -0.1) is 0 Å². The zero-order chi connectivity index (χ0) is 14.7. The van der Waals surface area contributed by atoms with Gasteiger partial charge in [-0.05, 0) is 18.2 Å². The third-order valence-electron chi connectivity index (χ3n) is 2.59. The highest BCUT2D eigenvalue weighted by Gasteiger charge is 2.13. The largest absolute Gasteiger partial charge is 0.488 e. The molecule has 1 N–H and O–H groups in total. The summed E-state index contributed by atoms with van der Waals surface area (Å²) in [6.07, 6.45) is 0. The van der Waals surface area contributed by atoms with Gasteiger partial charge in [0.25, 0.3) is 0 Å². The Morgan fingerprint density at radius 2 is 1.70 bits per heavy atom. The molecule has 0 spiro atoms. The lowest BCUT2D eigenvalue weighted by atomic mass is 10.2. The molecule has 3 nitrogen and oxygen atoms in total. The van der Waals surface area contributed by atoms with Gasteiger partial charge in [-0.2, -0.15) is 0 Å². The van der Waals surface area contributed by atoms with Crippen molar-refractivity contribution in [1.82, 2.24) is 0 Å². The Labute approximate surface area is 112 Å². The van der Waals surface area contributed by atoms with Crippen LogP contribution in [0, 0.1) is 17.5 Å². The van der Waals surface area contributed by atoms with Crippen LogP contribution >= 0.6 is 0 Å². The fourth-order valence-electron chi connectivity index (χ4n) is 1.60. The normalized spacial score (nSPS) is 10.3. The lowest BCUT2D eigenvalue weighted by Crippen LogP contribution is -2.05. The van der Waals surface area contributed by atoms with Crippen LogP contribution in [-0.2, 0) is 6.61 Å². The number of rotatable bonds is 4. The van der Waals surface area contributed by atoms with E-state index in [0.717, 1.165) is 0 Å². The summed E-state index contributed by atoms with van der Waals surface area (Å²) in [6.45, 7) is -0.409. The van der Waals surface area contributed by atoms with Crippen LogP contribution < -0.4 is 4.74 Å². The highest BCUT2D eigenvalue weighted by molar-refractivity contribution is 5.90. The summed E-state index contributed by atoms with van der Waals surface area (Å²) in [5.74, 6) is -4.64. The van der Waals surface area contributed by atoms with E-state index in [-0.39, 0.29) is 16.9 Å². The number of carbonyl (C=O) groups is 1. The van der Waals surface area contributed by atoms with Crippen LogP contribution in [0.2, 0.25) is 0 Å². The average Bonchev–Trinajstić information content (AvgIpc) is 2.41. The molecule has 0 bridgehead atoms. The van der Waals surface area contributed by atoms with Crippen molar-refractivity contribution in [2.24, 2.45) is 0 Å². The third-order valence-corrected chi connectivity index (χ3v) is 2.59. The SMILES string of the molecule is O=C(O)c1ccccc1OCc1cc(F)c(F)cc1F. The topological polar surface area (TPSA) is 46.5 Å². The van der Waals surface area contributed by atoms with Crippen LogP contribution in [0.4, 0.5) is 13.2 Å². The fourth-order valence-corrected chi connectivity index (χ4v) is 1.60. The van der Waals surface area contributed by atoms with Crippen LogP contribution in [0.5, 0.6) is 5.75 Å². The minimum Gasteiger partial charge on any atom is -0.488 e. The molecule has 2 aromatic rings. The molecular formula is C14H9F3O3. The Kier molecular flexibility index (Phi) is 3.93. The quantitative estimate of drug-likeness (QED) is 0.874. The van der Waals surface area contributed by atoms with Gasteiger partial charge in [0.1, 0.15) is 23.7 Å². The van der Waals surface area contributed by atoms with Gasteiger partial charge in [0.15, 0.2) is 11.6 Å². The highest BCUT2D eigenvalue weighted by Crippen LogP contribution is 2.21. The molecule has 0 saturated carbocycles. The number of carboxylic acids is 1. The first kappa shape index (κ1) is 13.9. The number of ether oxygens (including phenoxy) is 1. The molecule has 104 valence electrons. The number of hydrogen-bond acceptors (Lipinski definition) is 2. The minimum atomic E-state index is -1.29. The van der Waals surface area contributed by atoms with Crippen LogP contribution in [0.1, 0.15) is 15.9 Å². The minimum absolute atomic E-state index is 0.0177. The molecule has 0 amide bonds. The highest BCUT2D eigenvalue weighted by atomic mass is 19.2. The van der Waals surface area contributed by atoms with E-state index in [0.29, 0.717) is 12.1 Å². The number of hydrogen-bond donors (Lipinski definition) is 1. The summed E-state index contributed by atoms with van der Waals surface area (Å²) in [7, 11) is 0. The number of halogens is 3. The van der Waals surface area contributed by atoms with E-state index in [2.05, 4.69) is 0 Å². The maximum Gasteiger partial charge on any atom is 0.339 e. The van der Waals surface area contributed by atoms with Gasteiger partial charge in [0, 0.05) is 11.6 Å². The summed E-state index contributed by atoms with van der Waals surface area (Å²) in [6, 6.07) is 6.85.